The van der Waals surface area contributed by atoms with Crippen molar-refractivity contribution in [2.24, 2.45) is 0 Å². The third-order valence-corrected chi connectivity index (χ3v) is 6.79. The molecule has 3 aromatic rings. The van der Waals surface area contributed by atoms with E-state index in [1.54, 1.807) is 0 Å². The van der Waals surface area contributed by atoms with E-state index in [2.05, 4.69) is 4.98 Å². The summed E-state index contributed by atoms with van der Waals surface area (Å²) >= 11 is 1.32. The topological polar surface area (TPSA) is 167 Å². The number of benzene rings is 1. The van der Waals surface area contributed by atoms with E-state index in [4.69, 9.17) is 32.8 Å². The van der Waals surface area contributed by atoms with Crippen molar-refractivity contribution in [3.63, 3.8) is 0 Å². The second kappa shape index (κ2) is 12.5. The minimum atomic E-state index is -1.43. The van der Waals surface area contributed by atoms with Gasteiger partial charge in [-0.25, -0.2) is 4.98 Å². The number of aryl methyl sites for hydroxylation is 1. The fraction of sp³-hybridized carbons (Fsp3) is 0.407. The zero-order valence-electron chi connectivity index (χ0n) is 22.7. The summed E-state index contributed by atoms with van der Waals surface area (Å²) in [6.45, 7) is 5.96. The minimum absolute atomic E-state index is 0.138. The van der Waals surface area contributed by atoms with E-state index in [0.717, 1.165) is 26.5 Å². The molecule has 0 saturated carbocycles. The normalized spacial score (nSPS) is 22.0. The van der Waals surface area contributed by atoms with E-state index in [0.29, 0.717) is 10.6 Å². The molecule has 41 heavy (non-hydrogen) atoms. The first-order valence-electron chi connectivity index (χ1n) is 12.4. The van der Waals surface area contributed by atoms with Crippen LogP contribution in [0.2, 0.25) is 0 Å². The highest BCUT2D eigenvalue weighted by Crippen LogP contribution is 2.32. The number of carbonyl (C=O) groups is 4. The Morgan fingerprint density at radius 3 is 2.20 bits per heavy atom. The van der Waals surface area contributed by atoms with Gasteiger partial charge in [-0.05, 0) is 19.1 Å². The van der Waals surface area contributed by atoms with Crippen LogP contribution in [0.4, 0.5) is 0 Å². The molecule has 14 heteroatoms. The van der Waals surface area contributed by atoms with Gasteiger partial charge in [0.25, 0.3) is 0 Å². The maximum absolute atomic E-state index is 13.1. The number of hydrogen-bond acceptors (Lipinski definition) is 14. The van der Waals surface area contributed by atoms with E-state index in [1.165, 1.54) is 42.7 Å². The van der Waals surface area contributed by atoms with E-state index >= 15 is 0 Å². The van der Waals surface area contributed by atoms with Crippen LogP contribution in [0, 0.1) is 6.92 Å². The van der Waals surface area contributed by atoms with Crippen molar-refractivity contribution in [1.82, 2.24) is 4.98 Å². The predicted molar refractivity (Wildman–Crippen MR) is 141 cm³/mol. The first-order valence-corrected chi connectivity index (χ1v) is 13.3. The molecule has 1 fully saturated rings. The fourth-order valence-corrected chi connectivity index (χ4v) is 5.02. The molecule has 0 N–H and O–H groups in total. The van der Waals surface area contributed by atoms with Crippen molar-refractivity contribution in [1.29, 1.82) is 0 Å². The smallest absolute Gasteiger partial charge is 0.303 e. The molecule has 3 heterocycles. The lowest BCUT2D eigenvalue weighted by atomic mass is 9.98. The molecule has 13 nitrogen and oxygen atoms in total. The Morgan fingerprint density at radius 1 is 0.927 bits per heavy atom. The fourth-order valence-electron chi connectivity index (χ4n) is 4.22. The summed E-state index contributed by atoms with van der Waals surface area (Å²) in [5.41, 5.74) is 0.983. The Labute approximate surface area is 237 Å². The van der Waals surface area contributed by atoms with Crippen LogP contribution in [0.15, 0.2) is 39.1 Å². The summed E-state index contributed by atoms with van der Waals surface area (Å²) < 4.78 is 38.9. The average Bonchev–Trinajstić information content (AvgIpc) is 3.31. The molecule has 1 aliphatic heterocycles. The highest BCUT2D eigenvalue weighted by molar-refractivity contribution is 7.13. The quantitative estimate of drug-likeness (QED) is 0.278. The third kappa shape index (κ3) is 7.08. The first kappa shape index (κ1) is 29.7. The summed E-state index contributed by atoms with van der Waals surface area (Å²) in [5.74, 6) is -2.79. The van der Waals surface area contributed by atoms with Gasteiger partial charge < -0.3 is 32.8 Å². The maximum Gasteiger partial charge on any atom is 0.303 e. The second-order valence-electron chi connectivity index (χ2n) is 9.12. The van der Waals surface area contributed by atoms with Gasteiger partial charge in [-0.2, -0.15) is 0 Å². The zero-order chi connectivity index (χ0) is 29.8. The van der Waals surface area contributed by atoms with Gasteiger partial charge in [-0.3, -0.25) is 24.0 Å². The number of hydrogen-bond donors (Lipinski definition) is 0. The van der Waals surface area contributed by atoms with Gasteiger partial charge in [0, 0.05) is 44.8 Å². The Balaban J connectivity index is 1.70. The monoisotopic (exact) mass is 589 g/mol. The van der Waals surface area contributed by atoms with Crippen molar-refractivity contribution in [2.75, 3.05) is 6.61 Å². The number of thiazole rings is 1. The largest absolute Gasteiger partial charge is 0.463 e. The van der Waals surface area contributed by atoms with Gasteiger partial charge in [0.2, 0.25) is 17.8 Å². The summed E-state index contributed by atoms with van der Waals surface area (Å²) in [4.78, 5) is 64.9. The summed E-state index contributed by atoms with van der Waals surface area (Å²) in [7, 11) is 0. The molecule has 5 atom stereocenters. The van der Waals surface area contributed by atoms with E-state index in [-0.39, 0.29) is 22.1 Å². The molecule has 0 radical (unpaired) electrons. The molecule has 0 bridgehead atoms. The van der Waals surface area contributed by atoms with Gasteiger partial charge >= 0.3 is 23.9 Å². The van der Waals surface area contributed by atoms with Crippen molar-refractivity contribution in [2.45, 2.75) is 65.3 Å². The van der Waals surface area contributed by atoms with Gasteiger partial charge in [-0.15, -0.1) is 11.3 Å². The van der Waals surface area contributed by atoms with Crippen molar-refractivity contribution < 1.29 is 52.0 Å². The van der Waals surface area contributed by atoms with Crippen LogP contribution in [0.3, 0.4) is 0 Å². The standard InChI is InChI=1S/C27H27NO12S/c1-12-11-41-26(28-12)19-9-35-20-8-17(6-7-18(20)22(19)33)39-27-25(38-16(5)32)24(37-15(4)31)23(36-14(3)30)21(40-27)10-34-13(2)29/h6-9,11,21,23-25,27H,10H2,1-5H3/t21-,23+,24+,25+,27-/m0/s1. The summed E-state index contributed by atoms with van der Waals surface area (Å²) in [6, 6.07) is 4.40. The lowest BCUT2D eigenvalue weighted by Gasteiger charge is -2.43. The molecule has 4 rings (SSSR count). The highest BCUT2D eigenvalue weighted by Gasteiger charge is 2.53. The van der Waals surface area contributed by atoms with E-state index < -0.39 is 61.2 Å². The Bertz CT molecular complexity index is 1530. The minimum Gasteiger partial charge on any atom is -0.463 e. The highest BCUT2D eigenvalue weighted by atomic mass is 32.1. The number of aromatic nitrogens is 1. The SMILES string of the molecule is CC(=O)OC[C@@H]1O[C@H](Oc2ccc3c(=O)c(-c4nc(C)cs4)coc3c2)[C@H](OC(C)=O)[C@H](OC(C)=O)[C@@H]1OC(C)=O. The molecular weight excluding hydrogens is 562 g/mol. The molecular formula is C27H27NO12S. The molecule has 218 valence electrons. The third-order valence-electron chi connectivity index (χ3n) is 5.80. The predicted octanol–water partition coefficient (Wildman–Crippen LogP) is 2.69. The number of fused-ring (bicyclic) bond motifs is 1. The molecule has 0 spiro atoms. The number of carbonyl (C=O) groups excluding carboxylic acids is 4. The van der Waals surface area contributed by atoms with Crippen molar-refractivity contribution in [3.05, 3.63) is 45.8 Å². The van der Waals surface area contributed by atoms with Crippen LogP contribution in [-0.4, -0.2) is 66.2 Å². The molecule has 1 aliphatic rings. The summed E-state index contributed by atoms with van der Waals surface area (Å²) in [5, 5.41) is 2.61. The van der Waals surface area contributed by atoms with Crippen LogP contribution in [-0.2, 0) is 42.9 Å². The number of esters is 4. The van der Waals surface area contributed by atoms with Crippen LogP contribution in [0.25, 0.3) is 21.5 Å². The van der Waals surface area contributed by atoms with Gasteiger partial charge in [-0.1, -0.05) is 0 Å². The molecule has 1 saturated heterocycles. The lowest BCUT2D eigenvalue weighted by Crippen LogP contribution is -2.63. The zero-order valence-corrected chi connectivity index (χ0v) is 23.6. The molecule has 0 aliphatic carbocycles. The van der Waals surface area contributed by atoms with Crippen molar-refractivity contribution >= 4 is 46.2 Å². The Morgan fingerprint density at radius 2 is 1.59 bits per heavy atom. The van der Waals surface area contributed by atoms with Gasteiger partial charge in [0.05, 0.1) is 10.9 Å². The molecule has 1 aromatic carbocycles. The lowest BCUT2D eigenvalue weighted by molar-refractivity contribution is -0.288. The second-order valence-corrected chi connectivity index (χ2v) is 9.97. The summed E-state index contributed by atoms with van der Waals surface area (Å²) in [6.07, 6.45) is -5.41. The number of rotatable bonds is 8. The van der Waals surface area contributed by atoms with E-state index in [9.17, 15) is 24.0 Å². The number of ether oxygens (including phenoxy) is 6. The van der Waals surface area contributed by atoms with E-state index in [1.807, 2.05) is 12.3 Å². The number of nitrogens with zero attached hydrogens (tertiary/aromatic N) is 1. The molecule has 0 unspecified atom stereocenters. The Hall–Kier alpha value is -4.30. The van der Waals surface area contributed by atoms with Crippen LogP contribution >= 0.6 is 11.3 Å². The first-order chi connectivity index (χ1) is 19.4. The van der Waals surface area contributed by atoms with Gasteiger partial charge in [0.15, 0.2) is 12.2 Å². The molecule has 2 aromatic heterocycles. The average molecular weight is 590 g/mol. The van der Waals surface area contributed by atoms with Gasteiger partial charge in [0.1, 0.15) is 35.3 Å². The molecule has 0 amide bonds. The van der Waals surface area contributed by atoms with Crippen LogP contribution in [0.5, 0.6) is 5.75 Å². The van der Waals surface area contributed by atoms with Crippen molar-refractivity contribution in [3.8, 4) is 16.3 Å². The van der Waals surface area contributed by atoms with Crippen LogP contribution < -0.4 is 10.2 Å². The van der Waals surface area contributed by atoms with Crippen LogP contribution in [0.1, 0.15) is 33.4 Å². The maximum atomic E-state index is 13.1. The Kier molecular flexibility index (Phi) is 9.03.